The molecule has 0 bridgehead atoms. The smallest absolute Gasteiger partial charge is 0.259 e. The van der Waals surface area contributed by atoms with Crippen molar-refractivity contribution in [1.29, 1.82) is 0 Å². The van der Waals surface area contributed by atoms with Gasteiger partial charge in [-0.2, -0.15) is 0 Å². The quantitative estimate of drug-likeness (QED) is 0.695. The van der Waals surface area contributed by atoms with Gasteiger partial charge >= 0.3 is 0 Å². The molecule has 106 valence electrons. The lowest BCUT2D eigenvalue weighted by Crippen LogP contribution is -2.24. The number of nitrogens with zero attached hydrogens (tertiary/aromatic N) is 1. The Morgan fingerprint density at radius 1 is 1.19 bits per heavy atom. The van der Waals surface area contributed by atoms with Gasteiger partial charge in [-0.3, -0.25) is 4.79 Å². The van der Waals surface area contributed by atoms with E-state index in [1.807, 2.05) is 22.2 Å². The van der Waals surface area contributed by atoms with Crippen LogP contribution in [0.15, 0.2) is 52.8 Å². The van der Waals surface area contributed by atoms with Gasteiger partial charge < -0.3 is 4.57 Å². The molecule has 0 aliphatic heterocycles. The highest BCUT2D eigenvalue weighted by molar-refractivity contribution is 7.17. The summed E-state index contributed by atoms with van der Waals surface area (Å²) in [7, 11) is 0. The Morgan fingerprint density at radius 2 is 2.10 bits per heavy atom. The molecule has 1 aliphatic rings. The van der Waals surface area contributed by atoms with Gasteiger partial charge in [0.05, 0.1) is 5.39 Å². The van der Waals surface area contributed by atoms with Crippen LogP contribution in [-0.4, -0.2) is 4.57 Å². The molecule has 1 atom stereocenters. The molecule has 1 aliphatic carbocycles. The van der Waals surface area contributed by atoms with Crippen LogP contribution in [0, 0.1) is 0 Å². The minimum atomic E-state index is 0.150. The predicted octanol–water partition coefficient (Wildman–Crippen LogP) is 4.18. The zero-order chi connectivity index (χ0) is 14.2. The summed E-state index contributed by atoms with van der Waals surface area (Å²) in [5.41, 5.74) is 3.04. The molecule has 3 heteroatoms. The molecule has 0 amide bonds. The number of hydrogen-bond acceptors (Lipinski definition) is 2. The van der Waals surface area contributed by atoms with Crippen molar-refractivity contribution in [2.24, 2.45) is 0 Å². The van der Waals surface area contributed by atoms with Gasteiger partial charge in [0.2, 0.25) is 0 Å². The Morgan fingerprint density at radius 3 is 3.05 bits per heavy atom. The van der Waals surface area contributed by atoms with E-state index >= 15 is 0 Å². The first kappa shape index (κ1) is 12.8. The molecule has 2 nitrogen and oxygen atoms in total. The summed E-state index contributed by atoms with van der Waals surface area (Å²) < 4.78 is 2.97. The van der Waals surface area contributed by atoms with Gasteiger partial charge in [-0.15, -0.1) is 11.3 Å². The molecule has 0 fully saturated rings. The number of benzene rings is 1. The van der Waals surface area contributed by atoms with Crippen LogP contribution in [0.4, 0.5) is 0 Å². The number of fused-ring (bicyclic) bond motifs is 2. The van der Waals surface area contributed by atoms with Crippen LogP contribution >= 0.6 is 11.3 Å². The van der Waals surface area contributed by atoms with Crippen molar-refractivity contribution in [2.75, 3.05) is 0 Å². The standard InChI is InChI=1S/C18H17NOS/c20-18-16-9-11-21-17(16)8-10-19(18)12-14-6-3-5-13-4-1-2-7-15(13)14/h1-2,4,7-11,14H,3,5-6,12H2. The third kappa shape index (κ3) is 2.22. The molecule has 0 saturated heterocycles. The summed E-state index contributed by atoms with van der Waals surface area (Å²) in [5.74, 6) is 0.462. The summed E-state index contributed by atoms with van der Waals surface area (Å²) in [6.45, 7) is 0.793. The Labute approximate surface area is 127 Å². The van der Waals surface area contributed by atoms with E-state index in [1.54, 1.807) is 11.3 Å². The van der Waals surface area contributed by atoms with Crippen molar-refractivity contribution in [3.8, 4) is 0 Å². The second-order valence-electron chi connectivity index (χ2n) is 5.76. The van der Waals surface area contributed by atoms with E-state index in [9.17, 15) is 4.79 Å². The van der Waals surface area contributed by atoms with Crippen LogP contribution in [0.5, 0.6) is 0 Å². The average Bonchev–Trinajstić information content (AvgIpc) is 3.00. The molecular weight excluding hydrogens is 278 g/mol. The molecule has 2 heterocycles. The Kier molecular flexibility index (Phi) is 3.15. The van der Waals surface area contributed by atoms with Gasteiger partial charge in [0.1, 0.15) is 0 Å². The van der Waals surface area contributed by atoms with E-state index in [-0.39, 0.29) is 5.56 Å². The van der Waals surface area contributed by atoms with E-state index in [0.717, 1.165) is 16.6 Å². The van der Waals surface area contributed by atoms with Crippen LogP contribution < -0.4 is 5.56 Å². The monoisotopic (exact) mass is 295 g/mol. The fourth-order valence-corrected chi connectivity index (χ4v) is 4.20. The van der Waals surface area contributed by atoms with Crippen LogP contribution in [0.2, 0.25) is 0 Å². The first-order chi connectivity index (χ1) is 10.3. The molecule has 0 N–H and O–H groups in total. The van der Waals surface area contributed by atoms with E-state index < -0.39 is 0 Å². The van der Waals surface area contributed by atoms with Crippen molar-refractivity contribution in [1.82, 2.24) is 4.57 Å². The normalized spacial score (nSPS) is 17.8. The summed E-state index contributed by atoms with van der Waals surface area (Å²) in [6.07, 6.45) is 5.52. The fraction of sp³-hybridized carbons (Fsp3) is 0.278. The van der Waals surface area contributed by atoms with Crippen LogP contribution in [0.3, 0.4) is 0 Å². The summed E-state index contributed by atoms with van der Waals surface area (Å²) >= 11 is 1.63. The number of pyridine rings is 1. The highest BCUT2D eigenvalue weighted by Gasteiger charge is 2.20. The maximum atomic E-state index is 12.5. The van der Waals surface area contributed by atoms with Crippen molar-refractivity contribution < 1.29 is 0 Å². The van der Waals surface area contributed by atoms with Gasteiger partial charge in [0.15, 0.2) is 0 Å². The van der Waals surface area contributed by atoms with Crippen molar-refractivity contribution in [2.45, 2.75) is 31.7 Å². The molecule has 2 aromatic heterocycles. The zero-order valence-electron chi connectivity index (χ0n) is 11.8. The van der Waals surface area contributed by atoms with Gasteiger partial charge in [0, 0.05) is 23.4 Å². The summed E-state index contributed by atoms with van der Waals surface area (Å²) in [6, 6.07) is 12.7. The van der Waals surface area contributed by atoms with Crippen LogP contribution in [-0.2, 0) is 13.0 Å². The molecule has 0 saturated carbocycles. The first-order valence-electron chi connectivity index (χ1n) is 7.47. The minimum absolute atomic E-state index is 0.150. The van der Waals surface area contributed by atoms with Crippen molar-refractivity contribution in [3.05, 3.63) is 69.5 Å². The predicted molar refractivity (Wildman–Crippen MR) is 88.2 cm³/mol. The maximum Gasteiger partial charge on any atom is 0.259 e. The minimum Gasteiger partial charge on any atom is -0.314 e. The third-order valence-electron chi connectivity index (χ3n) is 4.50. The van der Waals surface area contributed by atoms with Gasteiger partial charge in [-0.05, 0) is 47.9 Å². The average molecular weight is 295 g/mol. The lowest BCUT2D eigenvalue weighted by atomic mass is 9.83. The maximum absolute atomic E-state index is 12.5. The largest absolute Gasteiger partial charge is 0.314 e. The molecule has 4 rings (SSSR count). The fourth-order valence-electron chi connectivity index (χ4n) is 3.43. The Balaban J connectivity index is 1.72. The van der Waals surface area contributed by atoms with Crippen LogP contribution in [0.1, 0.15) is 29.9 Å². The van der Waals surface area contributed by atoms with E-state index in [0.29, 0.717) is 5.92 Å². The highest BCUT2D eigenvalue weighted by atomic mass is 32.1. The SMILES string of the molecule is O=c1c2ccsc2ccn1CC1CCCc2ccccc21. The van der Waals surface area contributed by atoms with Gasteiger partial charge in [-0.1, -0.05) is 24.3 Å². The number of aryl methyl sites for hydroxylation is 1. The van der Waals surface area contributed by atoms with E-state index in [4.69, 9.17) is 0 Å². The lowest BCUT2D eigenvalue weighted by molar-refractivity contribution is 0.477. The van der Waals surface area contributed by atoms with E-state index in [1.165, 1.54) is 30.4 Å². The van der Waals surface area contributed by atoms with Crippen molar-refractivity contribution >= 4 is 21.4 Å². The summed E-state index contributed by atoms with van der Waals surface area (Å²) in [4.78, 5) is 12.5. The van der Waals surface area contributed by atoms with Gasteiger partial charge in [-0.25, -0.2) is 0 Å². The highest BCUT2D eigenvalue weighted by Crippen LogP contribution is 2.32. The van der Waals surface area contributed by atoms with Crippen molar-refractivity contribution in [3.63, 3.8) is 0 Å². The Hall–Kier alpha value is -1.87. The molecule has 0 spiro atoms. The van der Waals surface area contributed by atoms with Gasteiger partial charge in [0.25, 0.3) is 5.56 Å². The zero-order valence-corrected chi connectivity index (χ0v) is 12.6. The molecule has 1 aromatic carbocycles. The molecule has 21 heavy (non-hydrogen) atoms. The molecule has 1 unspecified atom stereocenters. The number of thiophene rings is 1. The molecule has 0 radical (unpaired) electrons. The second-order valence-corrected chi connectivity index (χ2v) is 6.71. The first-order valence-corrected chi connectivity index (χ1v) is 8.35. The number of rotatable bonds is 2. The topological polar surface area (TPSA) is 22.0 Å². The molecule has 3 aromatic rings. The lowest BCUT2D eigenvalue weighted by Gasteiger charge is -2.26. The third-order valence-corrected chi connectivity index (χ3v) is 5.39. The number of hydrogen-bond donors (Lipinski definition) is 0. The van der Waals surface area contributed by atoms with Crippen LogP contribution in [0.25, 0.3) is 10.1 Å². The summed E-state index contributed by atoms with van der Waals surface area (Å²) in [5, 5.41) is 2.85. The molecular formula is C18H17NOS. The Bertz CT molecular complexity index is 846. The number of aromatic nitrogens is 1. The van der Waals surface area contributed by atoms with E-state index in [2.05, 4.69) is 30.3 Å². The second kappa shape index (κ2) is 5.15.